The van der Waals surface area contributed by atoms with Crippen LogP contribution < -0.4 is 5.43 Å². The van der Waals surface area contributed by atoms with Crippen molar-refractivity contribution >= 4 is 21.9 Å². The summed E-state index contributed by atoms with van der Waals surface area (Å²) in [5.41, 5.74) is 1.83. The third-order valence-corrected chi connectivity index (χ3v) is 3.37. The molecule has 0 radical (unpaired) electrons. The molecule has 0 amide bonds. The number of aliphatic hydroxyl groups excluding tert-OH is 2. The summed E-state index contributed by atoms with van der Waals surface area (Å²) in [5, 5.41) is 23.9. The van der Waals surface area contributed by atoms with Crippen molar-refractivity contribution in [2.45, 2.75) is 19.6 Å². The number of aromatic nitrogens is 3. The first-order chi connectivity index (χ1) is 9.61. The number of pyridine rings is 1. The number of fused-ring (bicyclic) bond motifs is 2. The number of hydrogen-bond donors (Lipinski definition) is 3. The highest BCUT2D eigenvalue weighted by Gasteiger charge is 2.15. The zero-order valence-electron chi connectivity index (χ0n) is 11.0. The summed E-state index contributed by atoms with van der Waals surface area (Å²) in [6.45, 7) is 1.54. The van der Waals surface area contributed by atoms with Crippen LogP contribution in [0.3, 0.4) is 0 Å². The van der Waals surface area contributed by atoms with Gasteiger partial charge in [0.05, 0.1) is 35.9 Å². The summed E-state index contributed by atoms with van der Waals surface area (Å²) < 4.78 is 1.53. The van der Waals surface area contributed by atoms with Crippen molar-refractivity contribution in [3.63, 3.8) is 0 Å². The van der Waals surface area contributed by atoms with Gasteiger partial charge in [0.1, 0.15) is 5.65 Å². The van der Waals surface area contributed by atoms with Crippen molar-refractivity contribution in [3.05, 3.63) is 40.2 Å². The van der Waals surface area contributed by atoms with E-state index in [1.165, 1.54) is 4.68 Å². The molecule has 0 aliphatic carbocycles. The minimum absolute atomic E-state index is 0.0726. The molecule has 2 heterocycles. The SMILES string of the molecule is Cc1nn(C[C@@H](O)CO)c2[nH]c3ccccc3c(=O)c12. The summed E-state index contributed by atoms with van der Waals surface area (Å²) in [4.78, 5) is 15.7. The third-order valence-electron chi connectivity index (χ3n) is 3.37. The maximum Gasteiger partial charge on any atom is 0.200 e. The van der Waals surface area contributed by atoms with Crippen LogP contribution in [0.1, 0.15) is 5.69 Å². The van der Waals surface area contributed by atoms with Crippen molar-refractivity contribution < 1.29 is 10.2 Å². The summed E-state index contributed by atoms with van der Waals surface area (Å²) in [7, 11) is 0. The molecule has 1 atom stereocenters. The van der Waals surface area contributed by atoms with E-state index in [1.54, 1.807) is 13.0 Å². The highest BCUT2D eigenvalue weighted by molar-refractivity contribution is 5.92. The Balaban J connectivity index is 2.32. The van der Waals surface area contributed by atoms with E-state index in [2.05, 4.69) is 10.1 Å². The maximum absolute atomic E-state index is 12.5. The van der Waals surface area contributed by atoms with Crippen LogP contribution in [0.5, 0.6) is 0 Å². The molecule has 0 saturated carbocycles. The molecule has 0 bridgehead atoms. The molecule has 2 aromatic heterocycles. The monoisotopic (exact) mass is 273 g/mol. The Hall–Kier alpha value is -2.18. The van der Waals surface area contributed by atoms with Gasteiger partial charge in [-0.3, -0.25) is 4.79 Å². The summed E-state index contributed by atoms with van der Waals surface area (Å²) in [6, 6.07) is 7.26. The number of hydrogen-bond acceptors (Lipinski definition) is 4. The number of aryl methyl sites for hydroxylation is 1. The number of aromatic amines is 1. The predicted octanol–water partition coefficient (Wildman–Crippen LogP) is 0.539. The van der Waals surface area contributed by atoms with Crippen molar-refractivity contribution in [1.29, 1.82) is 0 Å². The lowest BCUT2D eigenvalue weighted by atomic mass is 10.1. The van der Waals surface area contributed by atoms with Gasteiger partial charge in [0.25, 0.3) is 0 Å². The lowest BCUT2D eigenvalue weighted by Gasteiger charge is -2.08. The average molecular weight is 273 g/mol. The van der Waals surface area contributed by atoms with Crippen LogP contribution in [0.4, 0.5) is 0 Å². The number of aliphatic hydroxyl groups is 2. The Morgan fingerprint density at radius 3 is 2.90 bits per heavy atom. The van der Waals surface area contributed by atoms with Gasteiger partial charge in [0, 0.05) is 5.39 Å². The highest BCUT2D eigenvalue weighted by Crippen LogP contribution is 2.17. The smallest absolute Gasteiger partial charge is 0.200 e. The van der Waals surface area contributed by atoms with Crippen molar-refractivity contribution in [3.8, 4) is 0 Å². The second kappa shape index (κ2) is 4.73. The Kier molecular flexibility index (Phi) is 3.04. The van der Waals surface area contributed by atoms with Crippen LogP contribution in [0.25, 0.3) is 21.9 Å². The first-order valence-electron chi connectivity index (χ1n) is 6.39. The zero-order chi connectivity index (χ0) is 14.3. The fourth-order valence-corrected chi connectivity index (χ4v) is 2.42. The molecule has 6 heteroatoms. The van der Waals surface area contributed by atoms with E-state index >= 15 is 0 Å². The zero-order valence-corrected chi connectivity index (χ0v) is 11.0. The molecular formula is C14H15N3O3. The topological polar surface area (TPSA) is 91.1 Å². The molecule has 0 fully saturated rings. The van der Waals surface area contributed by atoms with Crippen molar-refractivity contribution in [1.82, 2.24) is 14.8 Å². The number of benzene rings is 1. The Labute approximate surface area is 114 Å². The van der Waals surface area contributed by atoms with E-state index in [4.69, 9.17) is 5.11 Å². The molecule has 0 aliphatic heterocycles. The van der Waals surface area contributed by atoms with Crippen LogP contribution in [-0.2, 0) is 6.54 Å². The lowest BCUT2D eigenvalue weighted by molar-refractivity contribution is 0.0791. The van der Waals surface area contributed by atoms with E-state index in [1.807, 2.05) is 18.2 Å². The minimum atomic E-state index is -0.910. The van der Waals surface area contributed by atoms with Crippen LogP contribution in [0.2, 0.25) is 0 Å². The van der Waals surface area contributed by atoms with Gasteiger partial charge < -0.3 is 15.2 Å². The summed E-state index contributed by atoms with van der Waals surface area (Å²) >= 11 is 0. The molecule has 20 heavy (non-hydrogen) atoms. The van der Waals surface area contributed by atoms with E-state index in [-0.39, 0.29) is 18.6 Å². The normalized spacial score (nSPS) is 13.2. The van der Waals surface area contributed by atoms with Gasteiger partial charge in [-0.15, -0.1) is 0 Å². The van der Waals surface area contributed by atoms with Crippen LogP contribution in [-0.4, -0.2) is 37.7 Å². The molecule has 3 N–H and O–H groups in total. The van der Waals surface area contributed by atoms with E-state index < -0.39 is 6.10 Å². The van der Waals surface area contributed by atoms with Crippen molar-refractivity contribution in [2.24, 2.45) is 0 Å². The van der Waals surface area contributed by atoms with E-state index in [0.717, 1.165) is 5.52 Å². The average Bonchev–Trinajstić information content (AvgIpc) is 2.75. The number of para-hydroxylation sites is 1. The van der Waals surface area contributed by atoms with Crippen LogP contribution in [0, 0.1) is 6.92 Å². The molecule has 6 nitrogen and oxygen atoms in total. The third kappa shape index (κ3) is 1.90. The van der Waals surface area contributed by atoms with Crippen LogP contribution >= 0.6 is 0 Å². The number of H-pyrrole nitrogens is 1. The van der Waals surface area contributed by atoms with Gasteiger partial charge in [-0.25, -0.2) is 4.68 Å². The first kappa shape index (κ1) is 12.8. The van der Waals surface area contributed by atoms with Gasteiger partial charge in [0.15, 0.2) is 0 Å². The molecule has 0 saturated heterocycles. The largest absolute Gasteiger partial charge is 0.394 e. The number of nitrogens with one attached hydrogen (secondary N) is 1. The van der Waals surface area contributed by atoms with Crippen LogP contribution in [0.15, 0.2) is 29.1 Å². The number of rotatable bonds is 3. The molecule has 3 rings (SSSR count). The molecule has 1 aromatic carbocycles. The minimum Gasteiger partial charge on any atom is -0.394 e. The van der Waals surface area contributed by atoms with Gasteiger partial charge in [-0.1, -0.05) is 12.1 Å². The van der Waals surface area contributed by atoms with Gasteiger partial charge >= 0.3 is 0 Å². The Morgan fingerprint density at radius 1 is 1.40 bits per heavy atom. The molecule has 3 aromatic rings. The molecule has 0 aliphatic rings. The van der Waals surface area contributed by atoms with Gasteiger partial charge in [0.2, 0.25) is 5.43 Å². The highest BCUT2D eigenvalue weighted by atomic mass is 16.3. The molecule has 0 spiro atoms. The summed E-state index contributed by atoms with van der Waals surface area (Å²) in [6.07, 6.45) is -0.910. The first-order valence-corrected chi connectivity index (χ1v) is 6.39. The fraction of sp³-hybridized carbons (Fsp3) is 0.286. The quantitative estimate of drug-likeness (QED) is 0.649. The second-order valence-electron chi connectivity index (χ2n) is 4.83. The predicted molar refractivity (Wildman–Crippen MR) is 75.7 cm³/mol. The lowest BCUT2D eigenvalue weighted by Crippen LogP contribution is -2.21. The van der Waals surface area contributed by atoms with E-state index in [9.17, 15) is 9.90 Å². The second-order valence-corrected chi connectivity index (χ2v) is 4.83. The molecular weight excluding hydrogens is 258 g/mol. The number of nitrogens with zero attached hydrogens (tertiary/aromatic N) is 2. The van der Waals surface area contributed by atoms with E-state index in [0.29, 0.717) is 22.1 Å². The Bertz CT molecular complexity index is 835. The Morgan fingerprint density at radius 2 is 2.15 bits per heavy atom. The van der Waals surface area contributed by atoms with Crippen molar-refractivity contribution in [2.75, 3.05) is 6.61 Å². The van der Waals surface area contributed by atoms with Gasteiger partial charge in [-0.05, 0) is 19.1 Å². The maximum atomic E-state index is 12.5. The summed E-state index contributed by atoms with van der Waals surface area (Å²) in [5.74, 6) is 0. The standard InChI is InChI=1S/C14H15N3O3/c1-8-12-13(20)10-4-2-3-5-11(10)15-14(12)17(16-8)6-9(19)7-18/h2-5,9,18-19H,6-7H2,1H3,(H,15,20)/t9-/m1/s1. The molecule has 0 unspecified atom stereocenters. The fourth-order valence-electron chi connectivity index (χ4n) is 2.42. The van der Waals surface area contributed by atoms with Gasteiger partial charge in [-0.2, -0.15) is 5.10 Å². The molecule has 104 valence electrons.